The highest BCUT2D eigenvalue weighted by molar-refractivity contribution is 6.35. The number of anilines is 2. The molecular weight excluding hydrogens is 387 g/mol. The zero-order valence-electron chi connectivity index (χ0n) is 15.0. The summed E-state index contributed by atoms with van der Waals surface area (Å²) >= 11 is 12.3. The molecule has 0 saturated carbocycles. The summed E-state index contributed by atoms with van der Waals surface area (Å²) in [6.45, 7) is 5.64. The smallest absolute Gasteiger partial charge is 0.320 e. The second-order valence-corrected chi connectivity index (χ2v) is 7.89. The van der Waals surface area contributed by atoms with Crippen LogP contribution < -0.4 is 16.4 Å². The minimum atomic E-state index is -0.410. The average molecular weight is 405 g/mol. The van der Waals surface area contributed by atoms with Gasteiger partial charge in [0.2, 0.25) is 5.95 Å². The summed E-state index contributed by atoms with van der Waals surface area (Å²) in [4.78, 5) is 24.9. The lowest BCUT2D eigenvalue weighted by atomic mass is 10.1. The summed E-state index contributed by atoms with van der Waals surface area (Å²) in [6.07, 6.45) is 1.57. The maximum Gasteiger partial charge on any atom is 0.320 e. The van der Waals surface area contributed by atoms with E-state index in [2.05, 4.69) is 25.6 Å². The third-order valence-electron chi connectivity index (χ3n) is 3.48. The van der Waals surface area contributed by atoms with E-state index in [4.69, 9.17) is 28.9 Å². The first-order chi connectivity index (χ1) is 12.6. The highest BCUT2D eigenvalue weighted by Crippen LogP contribution is 2.33. The predicted octanol–water partition coefficient (Wildman–Crippen LogP) is 4.50. The molecule has 2 heterocycles. The molecule has 27 heavy (non-hydrogen) atoms. The Kier molecular flexibility index (Phi) is 5.08. The molecule has 1 aromatic carbocycles. The summed E-state index contributed by atoms with van der Waals surface area (Å²) < 4.78 is 0. The van der Waals surface area contributed by atoms with Crippen molar-refractivity contribution in [1.82, 2.24) is 20.3 Å². The number of carbonyl (C=O) groups is 1. The number of halogens is 2. The second-order valence-electron chi connectivity index (χ2n) is 7.01. The molecule has 3 aromatic rings. The quantitative estimate of drug-likeness (QED) is 0.582. The third kappa shape index (κ3) is 4.75. The van der Waals surface area contributed by atoms with Gasteiger partial charge in [-0.2, -0.15) is 4.98 Å². The lowest BCUT2D eigenvalue weighted by Crippen LogP contribution is -2.43. The summed E-state index contributed by atoms with van der Waals surface area (Å²) in [5.74, 6) is 0.402. The Hall–Kier alpha value is -2.64. The largest absolute Gasteiger partial charge is 0.368 e. The highest BCUT2D eigenvalue weighted by atomic mass is 35.5. The van der Waals surface area contributed by atoms with E-state index in [0.717, 1.165) is 0 Å². The van der Waals surface area contributed by atoms with E-state index in [1.165, 1.54) is 0 Å². The van der Waals surface area contributed by atoms with Crippen LogP contribution in [0.25, 0.3) is 22.2 Å². The molecule has 0 radical (unpaired) electrons. The van der Waals surface area contributed by atoms with Gasteiger partial charge in [-0.25, -0.2) is 14.8 Å². The molecule has 0 bridgehead atoms. The van der Waals surface area contributed by atoms with E-state index in [9.17, 15) is 4.79 Å². The molecule has 2 amide bonds. The number of pyridine rings is 1. The maximum atomic E-state index is 12.4. The van der Waals surface area contributed by atoms with Gasteiger partial charge in [-0.1, -0.05) is 23.2 Å². The number of amides is 2. The van der Waals surface area contributed by atoms with Gasteiger partial charge < -0.3 is 11.1 Å². The number of aromatic nitrogens is 3. The van der Waals surface area contributed by atoms with E-state index in [0.29, 0.717) is 38.0 Å². The van der Waals surface area contributed by atoms with Crippen molar-refractivity contribution in [3.8, 4) is 11.1 Å². The van der Waals surface area contributed by atoms with Crippen LogP contribution in [-0.4, -0.2) is 26.5 Å². The molecule has 0 unspecified atom stereocenters. The van der Waals surface area contributed by atoms with Crippen LogP contribution in [0, 0.1) is 0 Å². The van der Waals surface area contributed by atoms with E-state index < -0.39 is 11.6 Å². The number of nitrogen functional groups attached to an aromatic ring is 1. The van der Waals surface area contributed by atoms with Crippen molar-refractivity contribution in [3.63, 3.8) is 0 Å². The molecular formula is C18H18Cl2N6O. The van der Waals surface area contributed by atoms with Crippen LogP contribution in [0.5, 0.6) is 0 Å². The van der Waals surface area contributed by atoms with Gasteiger partial charge in [-0.15, -0.1) is 0 Å². The number of hydrogen-bond donors (Lipinski definition) is 3. The Labute approximate surface area is 166 Å². The molecule has 2 aromatic heterocycles. The first-order valence-electron chi connectivity index (χ1n) is 8.10. The number of hydrogen-bond acceptors (Lipinski definition) is 5. The first kappa shape index (κ1) is 19.1. The molecule has 0 fully saturated rings. The fourth-order valence-corrected chi connectivity index (χ4v) is 3.01. The number of rotatable bonds is 2. The monoisotopic (exact) mass is 404 g/mol. The Bertz CT molecular complexity index is 1010. The van der Waals surface area contributed by atoms with Crippen LogP contribution in [0.4, 0.5) is 16.6 Å². The SMILES string of the molecule is CC(C)(C)NC(=O)Nc1nc2nc(N)ncc2cc1-c1cc(Cl)cc(Cl)c1. The molecule has 3 rings (SSSR count). The fourth-order valence-electron chi connectivity index (χ4n) is 2.48. The number of benzene rings is 1. The third-order valence-corrected chi connectivity index (χ3v) is 3.92. The summed E-state index contributed by atoms with van der Waals surface area (Å²) in [5, 5.41) is 7.20. The summed E-state index contributed by atoms with van der Waals surface area (Å²) in [6, 6.07) is 6.51. The molecule has 0 saturated heterocycles. The molecule has 0 atom stereocenters. The van der Waals surface area contributed by atoms with Crippen molar-refractivity contribution in [3.05, 3.63) is 40.5 Å². The van der Waals surface area contributed by atoms with Crippen LogP contribution in [0.15, 0.2) is 30.5 Å². The predicted molar refractivity (Wildman–Crippen MR) is 109 cm³/mol. The Morgan fingerprint density at radius 3 is 2.37 bits per heavy atom. The molecule has 0 aliphatic carbocycles. The molecule has 0 aliphatic heterocycles. The number of carbonyl (C=O) groups excluding carboxylic acids is 1. The molecule has 7 nitrogen and oxygen atoms in total. The summed E-state index contributed by atoms with van der Waals surface area (Å²) in [7, 11) is 0. The lowest BCUT2D eigenvalue weighted by Gasteiger charge is -2.21. The van der Waals surface area contributed by atoms with Crippen molar-refractivity contribution in [2.24, 2.45) is 0 Å². The number of nitrogens with zero attached hydrogens (tertiary/aromatic N) is 3. The number of nitrogens with one attached hydrogen (secondary N) is 2. The highest BCUT2D eigenvalue weighted by Gasteiger charge is 2.18. The molecule has 4 N–H and O–H groups in total. The zero-order chi connectivity index (χ0) is 19.8. The van der Waals surface area contributed by atoms with Crippen molar-refractivity contribution in [2.75, 3.05) is 11.1 Å². The summed E-state index contributed by atoms with van der Waals surface area (Å²) in [5.41, 5.74) is 6.93. The topological polar surface area (TPSA) is 106 Å². The van der Waals surface area contributed by atoms with Gasteiger partial charge in [0.15, 0.2) is 5.65 Å². The zero-order valence-corrected chi connectivity index (χ0v) is 16.5. The van der Waals surface area contributed by atoms with Crippen LogP contribution in [0.3, 0.4) is 0 Å². The minimum absolute atomic E-state index is 0.0960. The van der Waals surface area contributed by atoms with Gasteiger partial charge in [0, 0.05) is 32.7 Å². The van der Waals surface area contributed by atoms with Crippen molar-refractivity contribution >= 4 is 52.0 Å². The van der Waals surface area contributed by atoms with Crippen LogP contribution in [0.2, 0.25) is 10.0 Å². The van der Waals surface area contributed by atoms with Gasteiger partial charge >= 0.3 is 6.03 Å². The van der Waals surface area contributed by atoms with Crippen molar-refractivity contribution < 1.29 is 4.79 Å². The number of nitrogens with two attached hydrogens (primary N) is 1. The van der Waals surface area contributed by atoms with Crippen LogP contribution >= 0.6 is 23.2 Å². The fraction of sp³-hybridized carbons (Fsp3) is 0.222. The van der Waals surface area contributed by atoms with E-state index >= 15 is 0 Å². The second kappa shape index (κ2) is 7.17. The standard InChI is InChI=1S/C18H18Cl2N6O/c1-18(2,3)26-17(27)25-15-13(9-4-11(19)7-12(20)5-9)6-10-8-22-16(21)24-14(10)23-15/h4-8H,1-3H3,(H4,21,22,23,24,25,26,27). The Morgan fingerprint density at radius 1 is 1.07 bits per heavy atom. The minimum Gasteiger partial charge on any atom is -0.368 e. The molecule has 140 valence electrons. The van der Waals surface area contributed by atoms with Gasteiger partial charge in [0.25, 0.3) is 0 Å². The van der Waals surface area contributed by atoms with Gasteiger partial charge in [-0.05, 0) is 50.6 Å². The normalized spacial score (nSPS) is 11.4. The van der Waals surface area contributed by atoms with Crippen LogP contribution in [0.1, 0.15) is 20.8 Å². The number of fused-ring (bicyclic) bond motifs is 1. The van der Waals surface area contributed by atoms with Gasteiger partial charge in [0.05, 0.1) is 0 Å². The Balaban J connectivity index is 2.14. The van der Waals surface area contributed by atoms with Crippen molar-refractivity contribution in [2.45, 2.75) is 26.3 Å². The van der Waals surface area contributed by atoms with Crippen molar-refractivity contribution in [1.29, 1.82) is 0 Å². The maximum absolute atomic E-state index is 12.4. The average Bonchev–Trinajstić information content (AvgIpc) is 2.51. The first-order valence-corrected chi connectivity index (χ1v) is 8.85. The molecule has 0 aliphatic rings. The van der Waals surface area contributed by atoms with E-state index in [-0.39, 0.29) is 5.95 Å². The Morgan fingerprint density at radius 2 is 1.74 bits per heavy atom. The van der Waals surface area contributed by atoms with E-state index in [1.807, 2.05) is 20.8 Å². The lowest BCUT2D eigenvalue weighted by molar-refractivity contribution is 0.243. The van der Waals surface area contributed by atoms with Gasteiger partial charge in [-0.3, -0.25) is 5.32 Å². The van der Waals surface area contributed by atoms with Gasteiger partial charge in [0.1, 0.15) is 5.82 Å². The molecule has 9 heteroatoms. The van der Waals surface area contributed by atoms with Crippen LogP contribution in [-0.2, 0) is 0 Å². The van der Waals surface area contributed by atoms with E-state index in [1.54, 1.807) is 30.5 Å². The molecule has 0 spiro atoms. The number of urea groups is 1.